The van der Waals surface area contributed by atoms with E-state index in [1.807, 2.05) is 64.1 Å². The van der Waals surface area contributed by atoms with Crippen molar-refractivity contribution in [1.29, 1.82) is 0 Å². The highest BCUT2D eigenvalue weighted by molar-refractivity contribution is 6.55. The lowest BCUT2D eigenvalue weighted by Gasteiger charge is -2.32. The summed E-state index contributed by atoms with van der Waals surface area (Å²) in [5.41, 5.74) is 1.82. The molecule has 1 aliphatic heterocycles. The zero-order valence-electron chi connectivity index (χ0n) is 14.0. The van der Waals surface area contributed by atoms with Gasteiger partial charge in [-0.25, -0.2) is 0 Å². The van der Waals surface area contributed by atoms with E-state index < -0.39 is 18.3 Å². The SMILES string of the molecule is CC1(C)OB(C(=Cc2ccc3ncccc3c2)CO)OC1(C)C. The van der Waals surface area contributed by atoms with Gasteiger partial charge in [0.2, 0.25) is 0 Å². The first kappa shape index (κ1) is 16.2. The normalized spacial score (nSPS) is 20.2. The Morgan fingerprint density at radius 1 is 1.17 bits per heavy atom. The number of aliphatic hydroxyl groups excluding tert-OH is 1. The Bertz CT molecular complexity index is 739. The predicted octanol–water partition coefficient (Wildman–Crippen LogP) is 3.24. The highest BCUT2D eigenvalue weighted by Gasteiger charge is 2.52. The minimum Gasteiger partial charge on any atom is -0.400 e. The molecule has 3 rings (SSSR count). The van der Waals surface area contributed by atoms with Crippen LogP contribution in [0.15, 0.2) is 42.0 Å². The Labute approximate surface area is 137 Å². The first-order valence-electron chi connectivity index (χ1n) is 7.84. The molecule has 0 radical (unpaired) electrons. The highest BCUT2D eigenvalue weighted by atomic mass is 16.7. The Kier molecular flexibility index (Phi) is 4.04. The van der Waals surface area contributed by atoms with Gasteiger partial charge in [0, 0.05) is 11.6 Å². The third kappa shape index (κ3) is 3.04. The van der Waals surface area contributed by atoms with Crippen molar-refractivity contribution < 1.29 is 14.4 Å². The van der Waals surface area contributed by atoms with Gasteiger partial charge in [-0.1, -0.05) is 18.2 Å². The van der Waals surface area contributed by atoms with Crippen molar-refractivity contribution in [2.75, 3.05) is 6.61 Å². The van der Waals surface area contributed by atoms with Crippen LogP contribution in [0.3, 0.4) is 0 Å². The van der Waals surface area contributed by atoms with Crippen LogP contribution < -0.4 is 0 Å². The number of hydrogen-bond donors (Lipinski definition) is 1. The maximum absolute atomic E-state index is 9.76. The molecule has 1 aromatic carbocycles. The number of benzene rings is 1. The topological polar surface area (TPSA) is 51.6 Å². The minimum atomic E-state index is -0.533. The maximum Gasteiger partial charge on any atom is 0.492 e. The van der Waals surface area contributed by atoms with Crippen molar-refractivity contribution in [3.63, 3.8) is 0 Å². The number of nitrogens with zero attached hydrogens (tertiary/aromatic N) is 1. The lowest BCUT2D eigenvalue weighted by Crippen LogP contribution is -2.41. The van der Waals surface area contributed by atoms with Crippen molar-refractivity contribution in [1.82, 2.24) is 4.98 Å². The van der Waals surface area contributed by atoms with E-state index in [1.165, 1.54) is 0 Å². The Balaban J connectivity index is 1.92. The first-order valence-corrected chi connectivity index (χ1v) is 7.84. The molecule has 0 bridgehead atoms. The predicted molar refractivity (Wildman–Crippen MR) is 92.9 cm³/mol. The molecule has 1 aromatic heterocycles. The molecule has 0 saturated carbocycles. The molecule has 0 aliphatic carbocycles. The molecule has 0 atom stereocenters. The van der Waals surface area contributed by atoms with Crippen molar-refractivity contribution in [3.8, 4) is 0 Å². The van der Waals surface area contributed by atoms with Crippen LogP contribution in [-0.2, 0) is 9.31 Å². The van der Waals surface area contributed by atoms with E-state index in [1.54, 1.807) is 6.20 Å². The van der Waals surface area contributed by atoms with Crippen LogP contribution in [0, 0.1) is 0 Å². The van der Waals surface area contributed by atoms with Crippen LogP contribution in [0.1, 0.15) is 33.3 Å². The van der Waals surface area contributed by atoms with Gasteiger partial charge in [0.1, 0.15) is 0 Å². The van der Waals surface area contributed by atoms with Crippen LogP contribution in [-0.4, -0.2) is 35.0 Å². The molecular formula is C18H22BNO3. The average Bonchev–Trinajstić information content (AvgIpc) is 2.72. The van der Waals surface area contributed by atoms with Crippen molar-refractivity contribution in [3.05, 3.63) is 47.6 Å². The van der Waals surface area contributed by atoms with E-state index in [9.17, 15) is 5.11 Å². The fourth-order valence-electron chi connectivity index (χ4n) is 2.58. The monoisotopic (exact) mass is 311 g/mol. The lowest BCUT2D eigenvalue weighted by atomic mass is 9.77. The molecule has 23 heavy (non-hydrogen) atoms. The Morgan fingerprint density at radius 2 is 1.87 bits per heavy atom. The smallest absolute Gasteiger partial charge is 0.400 e. The lowest BCUT2D eigenvalue weighted by molar-refractivity contribution is 0.00578. The summed E-state index contributed by atoms with van der Waals surface area (Å²) >= 11 is 0. The zero-order chi connectivity index (χ0) is 16.7. The van der Waals surface area contributed by atoms with Crippen LogP contribution in [0.2, 0.25) is 0 Å². The molecular weight excluding hydrogens is 289 g/mol. The van der Waals surface area contributed by atoms with Gasteiger partial charge in [0.05, 0.1) is 23.3 Å². The number of aromatic nitrogens is 1. The second kappa shape index (κ2) is 5.75. The summed E-state index contributed by atoms with van der Waals surface area (Å²) in [6, 6.07) is 9.93. The van der Waals surface area contributed by atoms with Gasteiger partial charge < -0.3 is 14.4 Å². The van der Waals surface area contributed by atoms with Crippen LogP contribution in [0.5, 0.6) is 0 Å². The van der Waals surface area contributed by atoms with E-state index in [-0.39, 0.29) is 6.61 Å². The molecule has 1 fully saturated rings. The van der Waals surface area contributed by atoms with Gasteiger partial charge in [0.25, 0.3) is 0 Å². The summed E-state index contributed by atoms with van der Waals surface area (Å²) in [6.07, 6.45) is 3.70. The molecule has 120 valence electrons. The van der Waals surface area contributed by atoms with Gasteiger partial charge in [-0.2, -0.15) is 0 Å². The standard InChI is InChI=1S/C18H22BNO3/c1-17(2)18(3,4)23-19(22-17)15(12-21)11-13-7-8-16-14(10-13)6-5-9-20-16/h5-11,21H,12H2,1-4H3. The third-order valence-electron chi connectivity index (χ3n) is 4.72. The van der Waals surface area contributed by atoms with Gasteiger partial charge >= 0.3 is 7.12 Å². The number of hydrogen-bond acceptors (Lipinski definition) is 4. The van der Waals surface area contributed by atoms with E-state index >= 15 is 0 Å². The minimum absolute atomic E-state index is 0.109. The molecule has 5 heteroatoms. The Morgan fingerprint density at radius 3 is 2.52 bits per heavy atom. The largest absolute Gasteiger partial charge is 0.492 e. The number of aliphatic hydroxyl groups is 1. The molecule has 1 N–H and O–H groups in total. The van der Waals surface area contributed by atoms with Crippen molar-refractivity contribution in [2.24, 2.45) is 0 Å². The quantitative estimate of drug-likeness (QED) is 0.884. The average molecular weight is 311 g/mol. The molecule has 1 saturated heterocycles. The summed E-state index contributed by atoms with van der Waals surface area (Å²) in [5, 5.41) is 10.8. The van der Waals surface area contributed by atoms with Gasteiger partial charge in [-0.05, 0) is 56.9 Å². The molecule has 0 amide bonds. The number of pyridine rings is 1. The van der Waals surface area contributed by atoms with E-state index in [2.05, 4.69) is 4.98 Å². The molecule has 4 nitrogen and oxygen atoms in total. The summed E-state index contributed by atoms with van der Waals surface area (Å²) in [7, 11) is -0.533. The van der Waals surface area contributed by atoms with Gasteiger partial charge in [-0.3, -0.25) is 4.98 Å². The second-order valence-electron chi connectivity index (χ2n) is 6.92. The van der Waals surface area contributed by atoms with E-state index in [0.717, 1.165) is 16.5 Å². The molecule has 2 heterocycles. The zero-order valence-corrected chi connectivity index (χ0v) is 14.0. The van der Waals surface area contributed by atoms with Crippen LogP contribution in [0.25, 0.3) is 17.0 Å². The van der Waals surface area contributed by atoms with Crippen molar-refractivity contribution >= 4 is 24.1 Å². The Hall–Kier alpha value is -1.69. The summed E-state index contributed by atoms with van der Waals surface area (Å²) in [4.78, 5) is 4.32. The number of rotatable bonds is 3. The fourth-order valence-corrected chi connectivity index (χ4v) is 2.58. The number of fused-ring (bicyclic) bond motifs is 1. The van der Waals surface area contributed by atoms with Crippen LogP contribution >= 0.6 is 0 Å². The fraction of sp³-hybridized carbons (Fsp3) is 0.389. The first-order chi connectivity index (χ1) is 10.8. The van der Waals surface area contributed by atoms with Crippen molar-refractivity contribution in [2.45, 2.75) is 38.9 Å². The van der Waals surface area contributed by atoms with E-state index in [4.69, 9.17) is 9.31 Å². The molecule has 0 unspecified atom stereocenters. The molecule has 0 spiro atoms. The second-order valence-corrected chi connectivity index (χ2v) is 6.92. The van der Waals surface area contributed by atoms with Gasteiger partial charge in [0.15, 0.2) is 0 Å². The summed E-state index contributed by atoms with van der Waals surface area (Å²) in [5.74, 6) is 0. The maximum atomic E-state index is 9.76. The van der Waals surface area contributed by atoms with Crippen LogP contribution in [0.4, 0.5) is 0 Å². The summed E-state index contributed by atoms with van der Waals surface area (Å²) in [6.45, 7) is 7.91. The van der Waals surface area contributed by atoms with E-state index in [0.29, 0.717) is 5.47 Å². The third-order valence-corrected chi connectivity index (χ3v) is 4.72. The summed E-state index contributed by atoms with van der Waals surface area (Å²) < 4.78 is 12.0. The molecule has 2 aromatic rings. The molecule has 1 aliphatic rings. The van der Waals surface area contributed by atoms with Gasteiger partial charge in [-0.15, -0.1) is 0 Å². The highest BCUT2D eigenvalue weighted by Crippen LogP contribution is 2.38.